The molecule has 1 aromatic carbocycles. The van der Waals surface area contributed by atoms with Gasteiger partial charge in [-0.2, -0.15) is 10.4 Å². The monoisotopic (exact) mass is 563 g/mol. The molecule has 4 aromatic rings. The lowest BCUT2D eigenvalue weighted by atomic mass is 9.89. The number of morpholine rings is 1. The third-order valence-electron chi connectivity index (χ3n) is 7.54. The number of pyridine rings is 2. The molecule has 200 valence electrons. The minimum atomic E-state index is -0.397. The Bertz CT molecular complexity index is 1550. The van der Waals surface area contributed by atoms with Crippen LogP contribution in [0.15, 0.2) is 42.9 Å². The standard InChI is InChI=1S/C28H27Cl2N7O2/c1-17(25-22(29)13-32-14-23(25)30)39-20-3-4-24-21(10-20)26(35-34-24)19-9-18(11-31)27(33-12-19)36-15-28(2,16-36)37-5-7-38-8-6-37/h3-4,9-10,12-14,17H,5-8,15-16H2,1-2H3,(H,34,35)/t17-/m1/s1. The number of anilines is 1. The number of fused-ring (bicyclic) bond motifs is 1. The summed E-state index contributed by atoms with van der Waals surface area (Å²) in [6, 6.07) is 9.88. The van der Waals surface area contributed by atoms with Crippen molar-refractivity contribution < 1.29 is 9.47 Å². The first-order chi connectivity index (χ1) is 18.9. The van der Waals surface area contributed by atoms with Gasteiger partial charge in [-0.3, -0.25) is 15.0 Å². The number of hydrogen-bond acceptors (Lipinski definition) is 8. The average Bonchev–Trinajstić information content (AvgIpc) is 3.34. The van der Waals surface area contributed by atoms with Crippen molar-refractivity contribution in [3.8, 4) is 23.1 Å². The second-order valence-corrected chi connectivity index (χ2v) is 11.0. The molecule has 0 radical (unpaired) electrons. The Morgan fingerprint density at radius 2 is 1.87 bits per heavy atom. The van der Waals surface area contributed by atoms with Gasteiger partial charge in [-0.25, -0.2) is 4.98 Å². The molecule has 1 atom stereocenters. The van der Waals surface area contributed by atoms with Crippen LogP contribution in [-0.2, 0) is 4.74 Å². The summed E-state index contributed by atoms with van der Waals surface area (Å²) in [5.74, 6) is 1.34. The summed E-state index contributed by atoms with van der Waals surface area (Å²) in [4.78, 5) is 13.4. The second-order valence-electron chi connectivity index (χ2n) is 10.2. The third-order valence-corrected chi connectivity index (χ3v) is 8.14. The van der Waals surface area contributed by atoms with Crippen molar-refractivity contribution in [2.75, 3.05) is 44.3 Å². The van der Waals surface area contributed by atoms with Gasteiger partial charge in [0.25, 0.3) is 0 Å². The van der Waals surface area contributed by atoms with E-state index in [-0.39, 0.29) is 5.54 Å². The van der Waals surface area contributed by atoms with E-state index in [1.807, 2.05) is 31.2 Å². The van der Waals surface area contributed by atoms with E-state index in [1.54, 1.807) is 18.6 Å². The van der Waals surface area contributed by atoms with Crippen LogP contribution < -0.4 is 9.64 Å². The van der Waals surface area contributed by atoms with Crippen molar-refractivity contribution in [3.63, 3.8) is 0 Å². The Morgan fingerprint density at radius 3 is 2.59 bits per heavy atom. The van der Waals surface area contributed by atoms with Gasteiger partial charge in [-0.15, -0.1) is 0 Å². The summed E-state index contributed by atoms with van der Waals surface area (Å²) in [5.41, 5.74) is 3.55. The van der Waals surface area contributed by atoms with Gasteiger partial charge in [0.15, 0.2) is 0 Å². The van der Waals surface area contributed by atoms with Crippen LogP contribution in [0, 0.1) is 11.3 Å². The summed E-state index contributed by atoms with van der Waals surface area (Å²) in [6.07, 6.45) is 4.48. The molecule has 0 saturated carbocycles. The Morgan fingerprint density at radius 1 is 1.13 bits per heavy atom. The molecule has 39 heavy (non-hydrogen) atoms. The van der Waals surface area contributed by atoms with Crippen molar-refractivity contribution in [3.05, 3.63) is 64.0 Å². The zero-order chi connectivity index (χ0) is 27.1. The Labute approximate surface area is 236 Å². The maximum absolute atomic E-state index is 9.98. The second kappa shape index (κ2) is 10.3. The van der Waals surface area contributed by atoms with Crippen LogP contribution in [0.2, 0.25) is 10.0 Å². The highest BCUT2D eigenvalue weighted by Crippen LogP contribution is 2.37. The van der Waals surface area contributed by atoms with Crippen molar-refractivity contribution in [2.24, 2.45) is 0 Å². The fourth-order valence-electron chi connectivity index (χ4n) is 5.51. The summed E-state index contributed by atoms with van der Waals surface area (Å²) >= 11 is 12.6. The molecule has 0 amide bonds. The van der Waals surface area contributed by atoms with Gasteiger partial charge >= 0.3 is 0 Å². The first-order valence-electron chi connectivity index (χ1n) is 12.8. The van der Waals surface area contributed by atoms with Crippen molar-refractivity contribution in [1.29, 1.82) is 5.26 Å². The largest absolute Gasteiger partial charge is 0.486 e. The number of rotatable bonds is 6. The summed E-state index contributed by atoms with van der Waals surface area (Å²) in [6.45, 7) is 9.19. The Balaban J connectivity index is 1.24. The van der Waals surface area contributed by atoms with E-state index >= 15 is 0 Å². The zero-order valence-electron chi connectivity index (χ0n) is 21.6. The van der Waals surface area contributed by atoms with Crippen molar-refractivity contribution in [1.82, 2.24) is 25.1 Å². The maximum Gasteiger partial charge on any atom is 0.146 e. The van der Waals surface area contributed by atoms with Crippen LogP contribution in [-0.4, -0.2) is 70.0 Å². The van der Waals surface area contributed by atoms with Gasteiger partial charge in [0, 0.05) is 61.3 Å². The number of nitriles is 1. The molecule has 0 aliphatic carbocycles. The Hall–Kier alpha value is -3.42. The van der Waals surface area contributed by atoms with E-state index in [9.17, 15) is 5.26 Å². The number of benzene rings is 1. The molecule has 2 saturated heterocycles. The first-order valence-corrected chi connectivity index (χ1v) is 13.5. The first kappa shape index (κ1) is 25.8. The smallest absolute Gasteiger partial charge is 0.146 e. The molecule has 11 heteroatoms. The normalized spacial score (nSPS) is 18.0. The molecule has 6 rings (SSSR count). The lowest BCUT2D eigenvalue weighted by Gasteiger charge is -2.55. The number of halogens is 2. The number of aromatic amines is 1. The van der Waals surface area contributed by atoms with E-state index in [1.165, 1.54) is 0 Å². The molecule has 2 fully saturated rings. The van der Waals surface area contributed by atoms with Gasteiger partial charge in [0.1, 0.15) is 29.4 Å². The topological polar surface area (TPSA) is 103 Å². The highest BCUT2D eigenvalue weighted by Gasteiger charge is 2.45. The molecule has 2 aliphatic rings. The molecular formula is C28H27Cl2N7O2. The van der Waals surface area contributed by atoms with Crippen molar-refractivity contribution >= 4 is 39.9 Å². The summed E-state index contributed by atoms with van der Waals surface area (Å²) in [7, 11) is 0. The van der Waals surface area contributed by atoms with Crippen LogP contribution in [0.4, 0.5) is 5.82 Å². The molecule has 9 nitrogen and oxygen atoms in total. The maximum atomic E-state index is 9.98. The molecule has 3 aromatic heterocycles. The lowest BCUT2D eigenvalue weighted by molar-refractivity contribution is -0.0266. The number of aromatic nitrogens is 4. The average molecular weight is 564 g/mol. The van der Waals surface area contributed by atoms with Gasteiger partial charge < -0.3 is 14.4 Å². The third kappa shape index (κ3) is 4.79. The van der Waals surface area contributed by atoms with Crippen molar-refractivity contribution in [2.45, 2.75) is 25.5 Å². The fourth-order valence-corrected chi connectivity index (χ4v) is 6.18. The van der Waals surface area contributed by atoms with E-state index < -0.39 is 6.10 Å². The predicted octanol–water partition coefficient (Wildman–Crippen LogP) is 5.25. The predicted molar refractivity (Wildman–Crippen MR) is 150 cm³/mol. The van der Waals surface area contributed by atoms with E-state index in [2.05, 4.69) is 38.0 Å². The van der Waals surface area contributed by atoms with E-state index in [4.69, 9.17) is 37.7 Å². The molecule has 1 N–H and O–H groups in total. The highest BCUT2D eigenvalue weighted by molar-refractivity contribution is 6.35. The SMILES string of the molecule is C[C@@H](Oc1ccc2[nH]nc(-c3cnc(N4CC(C)(N5CCOCC5)C4)c(C#N)c3)c2c1)c1c(Cl)cncc1Cl. The highest BCUT2D eigenvalue weighted by atomic mass is 35.5. The number of H-pyrrole nitrogens is 1. The molecular weight excluding hydrogens is 537 g/mol. The number of nitrogens with zero attached hydrogens (tertiary/aromatic N) is 6. The quantitative estimate of drug-likeness (QED) is 0.339. The molecule has 0 unspecified atom stereocenters. The number of hydrogen-bond donors (Lipinski definition) is 1. The van der Waals surface area contributed by atoms with E-state index in [0.29, 0.717) is 38.4 Å². The van der Waals surface area contributed by atoms with Gasteiger partial charge in [-0.1, -0.05) is 23.2 Å². The Kier molecular flexibility index (Phi) is 6.81. The van der Waals surface area contributed by atoms with Crippen LogP contribution in [0.5, 0.6) is 5.75 Å². The summed E-state index contributed by atoms with van der Waals surface area (Å²) in [5, 5.41) is 19.3. The van der Waals surface area contributed by atoms with E-state index in [0.717, 1.165) is 55.9 Å². The minimum Gasteiger partial charge on any atom is -0.486 e. The van der Waals surface area contributed by atoms with Gasteiger partial charge in [-0.05, 0) is 38.1 Å². The summed E-state index contributed by atoms with van der Waals surface area (Å²) < 4.78 is 11.7. The molecule has 2 aliphatic heterocycles. The van der Waals surface area contributed by atoms with Crippen LogP contribution >= 0.6 is 23.2 Å². The number of nitrogens with one attached hydrogen (secondary N) is 1. The number of ether oxygens (including phenoxy) is 2. The molecule has 5 heterocycles. The lowest BCUT2D eigenvalue weighted by Crippen LogP contribution is -2.70. The molecule has 0 bridgehead atoms. The van der Waals surface area contributed by atoms with Crippen LogP contribution in [0.25, 0.3) is 22.2 Å². The van der Waals surface area contributed by atoms with Crippen LogP contribution in [0.1, 0.15) is 31.1 Å². The van der Waals surface area contributed by atoms with Gasteiger partial charge in [0.05, 0.1) is 39.9 Å². The molecule has 0 spiro atoms. The zero-order valence-corrected chi connectivity index (χ0v) is 23.1. The fraction of sp³-hybridized carbons (Fsp3) is 0.357. The van der Waals surface area contributed by atoms with Crippen LogP contribution in [0.3, 0.4) is 0 Å². The minimum absolute atomic E-state index is 0.0630. The van der Waals surface area contributed by atoms with Gasteiger partial charge in [0.2, 0.25) is 0 Å².